The molecule has 0 aliphatic carbocycles. The maximum Gasteiger partial charge on any atom is 0.330 e. The molecule has 35 heavy (non-hydrogen) atoms. The first-order chi connectivity index (χ1) is 16.4. The van der Waals surface area contributed by atoms with E-state index in [1.807, 2.05) is 11.1 Å². The standard InChI is InChI=1S/C16H25FN3O7P.C6H6O/c1-8(2)26-13(23)9(3)19-28-25-7-10-12(22)16(4,17)14(27-10)20-6-5-11(21)18-15(20)24;7-6-4-2-1-3-5-6/h5-6,8-10,12,14,19,22,28H,7H2,1-4H3,(H,18,21,24);1-5,7H. The first kappa shape index (κ1) is 28.6. The summed E-state index contributed by atoms with van der Waals surface area (Å²) in [6, 6.07) is 9.17. The number of para-hydroxylation sites is 1. The molecule has 13 heteroatoms. The average molecular weight is 515 g/mol. The Labute approximate surface area is 203 Å². The van der Waals surface area contributed by atoms with E-state index in [1.54, 1.807) is 45.0 Å². The van der Waals surface area contributed by atoms with Crippen molar-refractivity contribution in [1.29, 1.82) is 0 Å². The number of phenols is 1. The summed E-state index contributed by atoms with van der Waals surface area (Å²) in [5.74, 6) is -0.111. The molecule has 2 heterocycles. The topological polar surface area (TPSA) is 152 Å². The van der Waals surface area contributed by atoms with Gasteiger partial charge in [-0.25, -0.2) is 9.18 Å². The highest BCUT2D eigenvalue weighted by Gasteiger charge is 2.55. The van der Waals surface area contributed by atoms with E-state index in [0.29, 0.717) is 5.75 Å². The van der Waals surface area contributed by atoms with Crippen LogP contribution in [0.25, 0.3) is 0 Å². The lowest BCUT2D eigenvalue weighted by Crippen LogP contribution is -2.43. The van der Waals surface area contributed by atoms with Gasteiger partial charge in [-0.05, 0) is 39.8 Å². The van der Waals surface area contributed by atoms with Crippen molar-refractivity contribution < 1.29 is 33.4 Å². The number of carbonyl (C=O) groups excluding carboxylic acids is 1. The Morgan fingerprint density at radius 1 is 1.29 bits per heavy atom. The van der Waals surface area contributed by atoms with Crippen LogP contribution in [-0.2, 0) is 18.8 Å². The van der Waals surface area contributed by atoms with Crippen LogP contribution >= 0.6 is 8.96 Å². The zero-order valence-electron chi connectivity index (χ0n) is 19.8. The Morgan fingerprint density at radius 2 is 1.94 bits per heavy atom. The number of ether oxygens (including phenoxy) is 2. The monoisotopic (exact) mass is 515 g/mol. The molecule has 0 saturated carbocycles. The number of carbonyl (C=O) groups is 1. The molecule has 1 aliphatic rings. The van der Waals surface area contributed by atoms with Crippen molar-refractivity contribution in [3.05, 3.63) is 63.4 Å². The number of nitrogens with zero attached hydrogens (tertiary/aromatic N) is 1. The Balaban J connectivity index is 0.000000527. The highest BCUT2D eigenvalue weighted by molar-refractivity contribution is 7.29. The van der Waals surface area contributed by atoms with Crippen LogP contribution < -0.4 is 16.3 Å². The number of aromatic amines is 1. The molecule has 0 radical (unpaired) electrons. The molecule has 1 aromatic carbocycles. The molecule has 2 aromatic rings. The van der Waals surface area contributed by atoms with Crippen molar-refractivity contribution in [2.45, 2.75) is 63.9 Å². The van der Waals surface area contributed by atoms with Crippen LogP contribution in [0.2, 0.25) is 0 Å². The second-order valence-electron chi connectivity index (χ2n) is 8.24. The van der Waals surface area contributed by atoms with Crippen molar-refractivity contribution in [2.24, 2.45) is 0 Å². The molecule has 1 aliphatic heterocycles. The van der Waals surface area contributed by atoms with Crippen LogP contribution in [0.15, 0.2) is 52.2 Å². The van der Waals surface area contributed by atoms with Crippen LogP contribution in [-0.4, -0.2) is 62.4 Å². The summed E-state index contributed by atoms with van der Waals surface area (Å²) in [4.78, 5) is 36.8. The summed E-state index contributed by atoms with van der Waals surface area (Å²) in [7, 11) is -0.326. The molecule has 1 fully saturated rings. The number of aromatic hydroxyl groups is 1. The fourth-order valence-corrected chi connectivity index (χ4v) is 3.66. The molecular weight excluding hydrogens is 484 g/mol. The number of halogens is 1. The van der Waals surface area contributed by atoms with Crippen LogP contribution in [0.1, 0.15) is 33.9 Å². The Hall–Kier alpha value is -2.63. The second kappa shape index (κ2) is 12.9. The van der Waals surface area contributed by atoms with Gasteiger partial charge in [0.25, 0.3) is 5.56 Å². The SMILES string of the molecule is CC(C)OC(=O)C(C)NPOCC1OC(n2ccc(=O)[nH]c2=O)C(C)(F)C1O.Oc1ccccc1. The number of alkyl halides is 1. The maximum atomic E-state index is 15.0. The summed E-state index contributed by atoms with van der Waals surface area (Å²) < 4.78 is 31.7. The van der Waals surface area contributed by atoms with E-state index in [-0.39, 0.29) is 21.7 Å². The number of hydrogen-bond donors (Lipinski definition) is 4. The van der Waals surface area contributed by atoms with E-state index in [0.717, 1.165) is 23.8 Å². The normalized spacial score (nSPS) is 24.8. The Morgan fingerprint density at radius 3 is 2.49 bits per heavy atom. The van der Waals surface area contributed by atoms with Crippen molar-refractivity contribution >= 4 is 14.9 Å². The summed E-state index contributed by atoms with van der Waals surface area (Å²) in [5, 5.41) is 21.7. The minimum absolute atomic E-state index is 0.174. The summed E-state index contributed by atoms with van der Waals surface area (Å²) in [6.45, 7) is 6.01. The number of nitrogens with one attached hydrogen (secondary N) is 2. The first-order valence-corrected chi connectivity index (χ1v) is 11.7. The summed E-state index contributed by atoms with van der Waals surface area (Å²) in [5.41, 5.74) is -3.77. The lowest BCUT2D eigenvalue weighted by molar-refractivity contribution is -0.148. The number of esters is 1. The predicted molar refractivity (Wildman–Crippen MR) is 127 cm³/mol. The van der Waals surface area contributed by atoms with Crippen LogP contribution in [0, 0.1) is 0 Å². The third kappa shape index (κ3) is 8.22. The van der Waals surface area contributed by atoms with Gasteiger partial charge in [0.2, 0.25) is 0 Å². The molecule has 3 rings (SSSR count). The van der Waals surface area contributed by atoms with Gasteiger partial charge in [0.15, 0.2) is 11.9 Å². The molecule has 6 atom stereocenters. The van der Waals surface area contributed by atoms with Crippen LogP contribution in [0.3, 0.4) is 0 Å². The van der Waals surface area contributed by atoms with Gasteiger partial charge in [0.05, 0.1) is 21.7 Å². The minimum atomic E-state index is -2.29. The molecule has 0 bridgehead atoms. The zero-order valence-corrected chi connectivity index (χ0v) is 20.8. The van der Waals surface area contributed by atoms with Crippen molar-refractivity contribution in [3.63, 3.8) is 0 Å². The van der Waals surface area contributed by atoms with Gasteiger partial charge in [-0.15, -0.1) is 0 Å². The largest absolute Gasteiger partial charge is 0.508 e. The van der Waals surface area contributed by atoms with Gasteiger partial charge in [0, 0.05) is 12.3 Å². The molecule has 0 spiro atoms. The Bertz CT molecular complexity index is 1060. The molecule has 4 N–H and O–H groups in total. The third-order valence-electron chi connectivity index (χ3n) is 4.88. The molecule has 0 amide bonds. The molecular formula is C22H31FN3O8P. The lowest BCUT2D eigenvalue weighted by atomic mass is 9.98. The molecule has 194 valence electrons. The lowest BCUT2D eigenvalue weighted by Gasteiger charge is -2.24. The summed E-state index contributed by atoms with van der Waals surface area (Å²) in [6.07, 6.45) is -3.18. The van der Waals surface area contributed by atoms with Crippen LogP contribution in [0.5, 0.6) is 5.75 Å². The van der Waals surface area contributed by atoms with E-state index >= 15 is 0 Å². The number of aliphatic hydroxyl groups is 1. The molecule has 6 unspecified atom stereocenters. The number of phenolic OH excluding ortho intramolecular Hbond substituents is 1. The zero-order chi connectivity index (χ0) is 26.2. The fraction of sp³-hybridized carbons (Fsp3) is 0.500. The van der Waals surface area contributed by atoms with E-state index in [2.05, 4.69) is 5.09 Å². The Kier molecular flexibility index (Phi) is 10.5. The predicted octanol–water partition coefficient (Wildman–Crippen LogP) is 1.37. The van der Waals surface area contributed by atoms with E-state index in [1.165, 1.54) is 0 Å². The number of rotatable bonds is 8. The highest BCUT2D eigenvalue weighted by Crippen LogP contribution is 2.40. The number of H-pyrrole nitrogens is 1. The fourth-order valence-electron chi connectivity index (χ4n) is 3.04. The van der Waals surface area contributed by atoms with E-state index in [9.17, 15) is 23.9 Å². The second-order valence-corrected chi connectivity index (χ2v) is 9.02. The first-order valence-electron chi connectivity index (χ1n) is 10.8. The summed E-state index contributed by atoms with van der Waals surface area (Å²) >= 11 is 0. The van der Waals surface area contributed by atoms with Crippen LogP contribution in [0.4, 0.5) is 4.39 Å². The smallest absolute Gasteiger partial charge is 0.330 e. The van der Waals surface area contributed by atoms with Crippen molar-refractivity contribution in [1.82, 2.24) is 14.6 Å². The van der Waals surface area contributed by atoms with E-state index in [4.69, 9.17) is 19.1 Å². The van der Waals surface area contributed by atoms with Gasteiger partial charge in [-0.3, -0.25) is 24.2 Å². The molecule has 1 aromatic heterocycles. The van der Waals surface area contributed by atoms with Crippen molar-refractivity contribution in [2.75, 3.05) is 6.61 Å². The van der Waals surface area contributed by atoms with Gasteiger partial charge < -0.3 is 24.2 Å². The number of aromatic nitrogens is 2. The maximum absolute atomic E-state index is 15.0. The highest BCUT2D eigenvalue weighted by atomic mass is 31.1. The van der Waals surface area contributed by atoms with Gasteiger partial charge in [-0.1, -0.05) is 18.2 Å². The van der Waals surface area contributed by atoms with Gasteiger partial charge in [-0.2, -0.15) is 0 Å². The average Bonchev–Trinajstić information content (AvgIpc) is 3.00. The number of benzene rings is 1. The number of aliphatic hydroxyl groups excluding tert-OH is 1. The minimum Gasteiger partial charge on any atom is -0.508 e. The third-order valence-corrected chi connectivity index (χ3v) is 5.74. The molecule has 11 nitrogen and oxygen atoms in total. The quantitative estimate of drug-likeness (QED) is 0.232. The van der Waals surface area contributed by atoms with Crippen molar-refractivity contribution in [3.8, 4) is 5.75 Å². The van der Waals surface area contributed by atoms with E-state index < -0.39 is 47.4 Å². The van der Waals surface area contributed by atoms with Gasteiger partial charge >= 0.3 is 11.7 Å². The molecule has 1 saturated heterocycles. The van der Waals surface area contributed by atoms with Gasteiger partial charge in [0.1, 0.15) is 24.0 Å². The number of hydrogen-bond acceptors (Lipinski definition) is 9.